The Hall–Kier alpha value is -2.37. The highest BCUT2D eigenvalue weighted by Gasteiger charge is 2.40. The van der Waals surface area contributed by atoms with Gasteiger partial charge in [-0.05, 0) is 36.6 Å². The lowest BCUT2D eigenvalue weighted by Crippen LogP contribution is -2.21. The van der Waals surface area contributed by atoms with Gasteiger partial charge < -0.3 is 15.4 Å². The number of nitrogens with one attached hydrogen (secondary N) is 2. The van der Waals surface area contributed by atoms with E-state index in [0.29, 0.717) is 17.3 Å². The summed E-state index contributed by atoms with van der Waals surface area (Å²) in [4.78, 5) is 34.0. The number of hydrogen-bond donors (Lipinski definition) is 2. The molecule has 1 aromatic rings. The van der Waals surface area contributed by atoms with Gasteiger partial charge in [0.1, 0.15) is 0 Å². The highest BCUT2D eigenvalue weighted by Crippen LogP contribution is 2.38. The highest BCUT2D eigenvalue weighted by atomic mass is 16.5. The summed E-state index contributed by atoms with van der Waals surface area (Å²) in [5, 5.41) is 5.25. The summed E-state index contributed by atoms with van der Waals surface area (Å²) in [6.45, 7) is 3.11. The Balaban J connectivity index is 1.76. The third kappa shape index (κ3) is 4.59. The average molecular weight is 290 g/mol. The third-order valence-corrected chi connectivity index (χ3v) is 3.25. The van der Waals surface area contributed by atoms with Gasteiger partial charge in [-0.2, -0.15) is 0 Å². The molecule has 0 aromatic heterocycles. The topological polar surface area (TPSA) is 84.5 Å². The third-order valence-electron chi connectivity index (χ3n) is 3.25. The van der Waals surface area contributed by atoms with Crippen LogP contribution in [0.2, 0.25) is 0 Å². The van der Waals surface area contributed by atoms with Crippen LogP contribution in [-0.4, -0.2) is 24.4 Å². The Morgan fingerprint density at radius 1 is 1.14 bits per heavy atom. The maximum atomic E-state index is 11.6. The number of benzene rings is 1. The van der Waals surface area contributed by atoms with Crippen LogP contribution in [0.4, 0.5) is 11.4 Å². The fourth-order valence-electron chi connectivity index (χ4n) is 1.93. The van der Waals surface area contributed by atoms with Gasteiger partial charge in [0.15, 0.2) is 6.61 Å². The predicted octanol–water partition coefficient (Wildman–Crippen LogP) is 1.78. The Morgan fingerprint density at radius 2 is 1.67 bits per heavy atom. The van der Waals surface area contributed by atoms with Crippen LogP contribution in [0.1, 0.15) is 20.3 Å². The molecule has 2 atom stereocenters. The van der Waals surface area contributed by atoms with Crippen LogP contribution in [0, 0.1) is 11.8 Å². The second-order valence-electron chi connectivity index (χ2n) is 5.23. The van der Waals surface area contributed by atoms with Crippen molar-refractivity contribution in [1.29, 1.82) is 0 Å². The number of hydrogen-bond acceptors (Lipinski definition) is 4. The van der Waals surface area contributed by atoms with Crippen molar-refractivity contribution in [2.75, 3.05) is 17.2 Å². The first-order chi connectivity index (χ1) is 9.95. The first-order valence-corrected chi connectivity index (χ1v) is 6.80. The second-order valence-corrected chi connectivity index (χ2v) is 5.23. The van der Waals surface area contributed by atoms with Gasteiger partial charge >= 0.3 is 5.97 Å². The highest BCUT2D eigenvalue weighted by molar-refractivity contribution is 5.94. The molecule has 1 fully saturated rings. The van der Waals surface area contributed by atoms with Crippen molar-refractivity contribution in [1.82, 2.24) is 0 Å². The molecular weight excluding hydrogens is 272 g/mol. The van der Waals surface area contributed by atoms with Crippen LogP contribution >= 0.6 is 0 Å². The molecule has 112 valence electrons. The van der Waals surface area contributed by atoms with E-state index in [4.69, 9.17) is 4.74 Å². The molecule has 0 heterocycles. The Kier molecular flexibility index (Phi) is 4.57. The lowest BCUT2D eigenvalue weighted by atomic mass is 10.2. The Labute approximate surface area is 122 Å². The minimum atomic E-state index is -0.385. The first kappa shape index (κ1) is 15.0. The lowest BCUT2D eigenvalue weighted by molar-refractivity contribution is -0.148. The van der Waals surface area contributed by atoms with E-state index in [1.54, 1.807) is 24.3 Å². The zero-order valence-electron chi connectivity index (χ0n) is 12.0. The average Bonchev–Trinajstić information content (AvgIpc) is 3.15. The van der Waals surface area contributed by atoms with E-state index in [0.717, 1.165) is 6.42 Å². The van der Waals surface area contributed by atoms with E-state index >= 15 is 0 Å². The van der Waals surface area contributed by atoms with Crippen molar-refractivity contribution >= 4 is 29.2 Å². The van der Waals surface area contributed by atoms with Gasteiger partial charge in [0.05, 0.1) is 5.92 Å². The summed E-state index contributed by atoms with van der Waals surface area (Å²) in [7, 11) is 0. The fraction of sp³-hybridized carbons (Fsp3) is 0.400. The molecule has 1 aliphatic rings. The number of amides is 2. The molecule has 0 unspecified atom stereocenters. The molecule has 0 radical (unpaired) electrons. The van der Waals surface area contributed by atoms with E-state index in [-0.39, 0.29) is 30.3 Å². The molecule has 21 heavy (non-hydrogen) atoms. The van der Waals surface area contributed by atoms with Gasteiger partial charge in [0.25, 0.3) is 5.91 Å². The number of esters is 1. The maximum Gasteiger partial charge on any atom is 0.309 e. The molecule has 0 bridgehead atoms. The van der Waals surface area contributed by atoms with Crippen molar-refractivity contribution in [2.24, 2.45) is 11.8 Å². The minimum absolute atomic E-state index is 0.0465. The quantitative estimate of drug-likeness (QED) is 0.810. The SMILES string of the molecule is CC(=O)Nc1ccc(NC(=O)COC(=O)[C@@H]2C[C@@H]2C)cc1. The standard InChI is InChI=1S/C15H18N2O4/c1-9-7-13(9)15(20)21-8-14(19)17-12-5-3-11(4-6-12)16-10(2)18/h3-6,9,13H,7-8H2,1-2H3,(H,16,18)(H,17,19)/t9-,13+/m0/s1. The zero-order chi connectivity index (χ0) is 15.4. The summed E-state index contributed by atoms with van der Waals surface area (Å²) in [5.41, 5.74) is 1.22. The van der Waals surface area contributed by atoms with Gasteiger partial charge in [-0.15, -0.1) is 0 Å². The fourth-order valence-corrected chi connectivity index (χ4v) is 1.93. The van der Waals surface area contributed by atoms with Crippen LogP contribution in [-0.2, 0) is 19.1 Å². The van der Waals surface area contributed by atoms with Crippen LogP contribution < -0.4 is 10.6 Å². The van der Waals surface area contributed by atoms with Gasteiger partial charge in [-0.1, -0.05) is 6.92 Å². The zero-order valence-corrected chi connectivity index (χ0v) is 12.0. The molecule has 2 N–H and O–H groups in total. The van der Waals surface area contributed by atoms with Crippen molar-refractivity contribution in [3.05, 3.63) is 24.3 Å². The molecule has 0 spiro atoms. The Morgan fingerprint density at radius 3 is 2.14 bits per heavy atom. The molecule has 1 aliphatic carbocycles. The predicted molar refractivity (Wildman–Crippen MR) is 77.6 cm³/mol. The summed E-state index contributed by atoms with van der Waals surface area (Å²) < 4.78 is 4.94. The molecule has 0 aliphatic heterocycles. The van der Waals surface area contributed by atoms with E-state index in [1.807, 2.05) is 6.92 Å². The number of ether oxygens (including phenoxy) is 1. The summed E-state index contributed by atoms with van der Waals surface area (Å²) in [6.07, 6.45) is 0.838. The number of rotatable bonds is 5. The number of carbonyl (C=O) groups is 3. The monoisotopic (exact) mass is 290 g/mol. The van der Waals surface area contributed by atoms with Crippen LogP contribution in [0.5, 0.6) is 0 Å². The van der Waals surface area contributed by atoms with Crippen LogP contribution in [0.15, 0.2) is 24.3 Å². The van der Waals surface area contributed by atoms with E-state index < -0.39 is 0 Å². The van der Waals surface area contributed by atoms with Gasteiger partial charge in [0.2, 0.25) is 5.91 Å². The van der Waals surface area contributed by atoms with Crippen molar-refractivity contribution in [3.8, 4) is 0 Å². The molecular formula is C15H18N2O4. The molecule has 6 nitrogen and oxygen atoms in total. The lowest BCUT2D eigenvalue weighted by Gasteiger charge is -2.07. The van der Waals surface area contributed by atoms with Crippen LogP contribution in [0.3, 0.4) is 0 Å². The van der Waals surface area contributed by atoms with Crippen molar-refractivity contribution in [2.45, 2.75) is 20.3 Å². The Bertz CT molecular complexity index is 553. The normalized spacial score (nSPS) is 19.5. The van der Waals surface area contributed by atoms with Crippen LogP contribution in [0.25, 0.3) is 0 Å². The summed E-state index contributed by atoms with van der Waals surface area (Å²) in [5.74, 6) is -0.535. The van der Waals surface area contributed by atoms with Crippen molar-refractivity contribution in [3.63, 3.8) is 0 Å². The first-order valence-electron chi connectivity index (χ1n) is 6.80. The van der Waals surface area contributed by atoms with E-state index in [2.05, 4.69) is 10.6 Å². The molecule has 0 saturated heterocycles. The molecule has 1 saturated carbocycles. The van der Waals surface area contributed by atoms with Gasteiger partial charge in [0, 0.05) is 18.3 Å². The van der Waals surface area contributed by atoms with E-state index in [9.17, 15) is 14.4 Å². The largest absolute Gasteiger partial charge is 0.455 e. The molecule has 2 rings (SSSR count). The smallest absolute Gasteiger partial charge is 0.309 e. The minimum Gasteiger partial charge on any atom is -0.455 e. The molecule has 1 aromatic carbocycles. The van der Waals surface area contributed by atoms with E-state index in [1.165, 1.54) is 6.92 Å². The van der Waals surface area contributed by atoms with Crippen molar-refractivity contribution < 1.29 is 19.1 Å². The molecule has 6 heteroatoms. The number of anilines is 2. The molecule has 2 amide bonds. The number of carbonyl (C=O) groups excluding carboxylic acids is 3. The maximum absolute atomic E-state index is 11.6. The van der Waals surface area contributed by atoms with Gasteiger partial charge in [-0.3, -0.25) is 14.4 Å². The summed E-state index contributed by atoms with van der Waals surface area (Å²) in [6, 6.07) is 6.67. The summed E-state index contributed by atoms with van der Waals surface area (Å²) >= 11 is 0. The van der Waals surface area contributed by atoms with Gasteiger partial charge in [-0.25, -0.2) is 0 Å². The second kappa shape index (κ2) is 6.39.